The second kappa shape index (κ2) is 9.05. The van der Waals surface area contributed by atoms with Crippen LogP contribution in [0.1, 0.15) is 31.2 Å². The predicted octanol–water partition coefficient (Wildman–Crippen LogP) is 3.95. The van der Waals surface area contributed by atoms with Crippen LogP contribution in [0.3, 0.4) is 0 Å². The minimum atomic E-state index is -0.0966. The lowest BCUT2D eigenvalue weighted by Crippen LogP contribution is -2.32. The van der Waals surface area contributed by atoms with E-state index in [1.807, 2.05) is 12.1 Å². The van der Waals surface area contributed by atoms with Gasteiger partial charge in [-0.25, -0.2) is 0 Å². The molecule has 0 radical (unpaired) electrons. The number of hydrogen-bond donors (Lipinski definition) is 2. The van der Waals surface area contributed by atoms with Crippen LogP contribution in [-0.4, -0.2) is 18.9 Å². The molecule has 2 aromatic carbocycles. The van der Waals surface area contributed by atoms with Gasteiger partial charge in [0, 0.05) is 23.2 Å². The number of hydrogen-bond acceptors (Lipinski definition) is 4. The smallest absolute Gasteiger partial charge is 0.227 e. The normalized spacial score (nSPS) is 18.6. The lowest BCUT2D eigenvalue weighted by molar-refractivity contribution is -0.125. The second-order valence-corrected chi connectivity index (χ2v) is 6.94. The van der Waals surface area contributed by atoms with Crippen molar-refractivity contribution in [1.82, 2.24) is 0 Å². The molecule has 1 fully saturated rings. The summed E-state index contributed by atoms with van der Waals surface area (Å²) in [5.74, 6) is 0.531. The molecule has 6 nitrogen and oxygen atoms in total. The number of nitrogens with one attached hydrogen (secondary N) is 2. The van der Waals surface area contributed by atoms with E-state index in [9.17, 15) is 9.59 Å². The maximum absolute atomic E-state index is 12.5. The minimum Gasteiger partial charge on any atom is -0.497 e. The van der Waals surface area contributed by atoms with Gasteiger partial charge in [-0.2, -0.15) is 5.26 Å². The summed E-state index contributed by atoms with van der Waals surface area (Å²) in [6.45, 7) is 0. The predicted molar refractivity (Wildman–Crippen MR) is 107 cm³/mol. The molecule has 0 heterocycles. The topological polar surface area (TPSA) is 91.2 Å². The molecular formula is C22H23N3O3. The molecule has 1 aliphatic carbocycles. The molecule has 3 rings (SSSR count). The summed E-state index contributed by atoms with van der Waals surface area (Å²) in [6.07, 6.45) is 2.74. The van der Waals surface area contributed by atoms with Crippen molar-refractivity contribution in [3.63, 3.8) is 0 Å². The van der Waals surface area contributed by atoms with Gasteiger partial charge in [0.05, 0.1) is 18.7 Å². The quantitative estimate of drug-likeness (QED) is 0.825. The van der Waals surface area contributed by atoms with Gasteiger partial charge >= 0.3 is 0 Å². The molecule has 1 saturated carbocycles. The molecule has 2 N–H and O–H groups in total. The standard InChI is InChI=1S/C22H23N3O3/c1-28-20-12-10-19(11-13-20)25-22(27)17-6-4-16(5-7-17)21(26)24-18-8-2-15(14-23)3-9-18/h2-3,8-13,16-17H,4-7H2,1H3,(H,24,26)(H,25,27). The average molecular weight is 377 g/mol. The number of benzene rings is 2. The molecular weight excluding hydrogens is 354 g/mol. The SMILES string of the molecule is COc1ccc(NC(=O)C2CCC(C(=O)Nc3ccc(C#N)cc3)CC2)cc1. The van der Waals surface area contributed by atoms with Gasteiger partial charge in [0.1, 0.15) is 5.75 Å². The molecule has 0 aliphatic heterocycles. The number of amides is 2. The Labute approximate surface area is 164 Å². The molecule has 0 unspecified atom stereocenters. The van der Waals surface area contributed by atoms with E-state index in [0.717, 1.165) is 11.4 Å². The first kappa shape index (κ1) is 19.4. The zero-order valence-corrected chi connectivity index (χ0v) is 15.8. The van der Waals surface area contributed by atoms with Gasteiger partial charge in [-0.1, -0.05) is 0 Å². The Morgan fingerprint density at radius 1 is 0.857 bits per heavy atom. The van der Waals surface area contributed by atoms with Gasteiger partial charge in [-0.3, -0.25) is 9.59 Å². The van der Waals surface area contributed by atoms with Gasteiger partial charge in [-0.15, -0.1) is 0 Å². The van der Waals surface area contributed by atoms with Gasteiger partial charge < -0.3 is 15.4 Å². The number of nitrogens with zero attached hydrogens (tertiary/aromatic N) is 1. The number of rotatable bonds is 5. The van der Waals surface area contributed by atoms with Crippen LogP contribution in [0.4, 0.5) is 11.4 Å². The Morgan fingerprint density at radius 2 is 1.29 bits per heavy atom. The highest BCUT2D eigenvalue weighted by atomic mass is 16.5. The second-order valence-electron chi connectivity index (χ2n) is 6.94. The first-order valence-electron chi connectivity index (χ1n) is 9.35. The summed E-state index contributed by atoms with van der Waals surface area (Å²) in [7, 11) is 1.60. The Morgan fingerprint density at radius 3 is 1.68 bits per heavy atom. The number of carbonyl (C=O) groups excluding carboxylic acids is 2. The van der Waals surface area contributed by atoms with Gasteiger partial charge in [0.25, 0.3) is 0 Å². The minimum absolute atomic E-state index is 0.00360. The number of carbonyl (C=O) groups is 2. The average Bonchev–Trinajstić information content (AvgIpc) is 2.75. The van der Waals surface area contributed by atoms with E-state index < -0.39 is 0 Å². The molecule has 6 heteroatoms. The Bertz CT molecular complexity index is 861. The molecule has 0 saturated heterocycles. The molecule has 144 valence electrons. The molecule has 2 amide bonds. The first-order valence-corrected chi connectivity index (χ1v) is 9.35. The highest BCUT2D eigenvalue weighted by molar-refractivity contribution is 5.94. The van der Waals surface area contributed by atoms with Crippen LogP contribution < -0.4 is 15.4 Å². The number of nitriles is 1. The van der Waals surface area contributed by atoms with Crippen molar-refractivity contribution in [3.8, 4) is 11.8 Å². The van der Waals surface area contributed by atoms with Crippen molar-refractivity contribution >= 4 is 23.2 Å². The van der Waals surface area contributed by atoms with Crippen molar-refractivity contribution in [3.05, 3.63) is 54.1 Å². The van der Waals surface area contributed by atoms with Gasteiger partial charge in [0.2, 0.25) is 11.8 Å². The number of anilines is 2. The van der Waals surface area contributed by atoms with Crippen LogP contribution in [0.2, 0.25) is 0 Å². The Kier molecular flexibility index (Phi) is 6.28. The van der Waals surface area contributed by atoms with Crippen molar-refractivity contribution < 1.29 is 14.3 Å². The summed E-state index contributed by atoms with van der Waals surface area (Å²) >= 11 is 0. The molecule has 0 bridgehead atoms. The summed E-state index contributed by atoms with van der Waals surface area (Å²) in [5, 5.41) is 14.7. The zero-order valence-electron chi connectivity index (χ0n) is 15.8. The fourth-order valence-electron chi connectivity index (χ4n) is 3.41. The summed E-state index contributed by atoms with van der Waals surface area (Å²) in [5.41, 5.74) is 1.98. The van der Waals surface area contributed by atoms with E-state index in [2.05, 4.69) is 16.7 Å². The summed E-state index contributed by atoms with van der Waals surface area (Å²) in [4.78, 5) is 24.9. The lowest BCUT2D eigenvalue weighted by atomic mass is 9.81. The first-order chi connectivity index (χ1) is 13.6. The third kappa shape index (κ3) is 4.89. The third-order valence-corrected chi connectivity index (χ3v) is 5.11. The zero-order chi connectivity index (χ0) is 19.9. The van der Waals surface area contributed by atoms with E-state index in [4.69, 9.17) is 10.00 Å². The molecule has 0 atom stereocenters. The Balaban J connectivity index is 1.48. The van der Waals surface area contributed by atoms with Crippen molar-refractivity contribution in [2.24, 2.45) is 11.8 Å². The van der Waals surface area contributed by atoms with E-state index >= 15 is 0 Å². The lowest BCUT2D eigenvalue weighted by Gasteiger charge is -2.27. The number of ether oxygens (including phenoxy) is 1. The largest absolute Gasteiger partial charge is 0.497 e. The van der Waals surface area contributed by atoms with Crippen LogP contribution in [0.15, 0.2) is 48.5 Å². The molecule has 28 heavy (non-hydrogen) atoms. The third-order valence-electron chi connectivity index (χ3n) is 5.11. The van der Waals surface area contributed by atoms with Crippen molar-refractivity contribution in [1.29, 1.82) is 5.26 Å². The summed E-state index contributed by atoms with van der Waals surface area (Å²) in [6, 6.07) is 16.1. The van der Waals surface area contributed by atoms with Crippen LogP contribution in [0.25, 0.3) is 0 Å². The fourth-order valence-corrected chi connectivity index (χ4v) is 3.41. The maximum Gasteiger partial charge on any atom is 0.227 e. The van der Waals surface area contributed by atoms with E-state index in [0.29, 0.717) is 36.9 Å². The van der Waals surface area contributed by atoms with E-state index in [1.165, 1.54) is 0 Å². The van der Waals surface area contributed by atoms with Crippen LogP contribution >= 0.6 is 0 Å². The van der Waals surface area contributed by atoms with Crippen LogP contribution in [0, 0.1) is 23.2 Å². The van der Waals surface area contributed by atoms with Crippen molar-refractivity contribution in [2.75, 3.05) is 17.7 Å². The molecule has 0 spiro atoms. The maximum atomic E-state index is 12.5. The van der Waals surface area contributed by atoms with Gasteiger partial charge in [-0.05, 0) is 74.2 Å². The number of methoxy groups -OCH3 is 1. The molecule has 1 aliphatic rings. The van der Waals surface area contributed by atoms with E-state index in [1.54, 1.807) is 43.5 Å². The van der Waals surface area contributed by atoms with E-state index in [-0.39, 0.29) is 23.7 Å². The monoisotopic (exact) mass is 377 g/mol. The Hall–Kier alpha value is -3.33. The van der Waals surface area contributed by atoms with Crippen LogP contribution in [-0.2, 0) is 9.59 Å². The van der Waals surface area contributed by atoms with Gasteiger partial charge in [0.15, 0.2) is 0 Å². The summed E-state index contributed by atoms with van der Waals surface area (Å²) < 4.78 is 5.11. The highest BCUT2D eigenvalue weighted by Gasteiger charge is 2.30. The highest BCUT2D eigenvalue weighted by Crippen LogP contribution is 2.30. The molecule has 2 aromatic rings. The molecule has 0 aromatic heterocycles. The van der Waals surface area contributed by atoms with Crippen LogP contribution in [0.5, 0.6) is 5.75 Å². The van der Waals surface area contributed by atoms with Crippen molar-refractivity contribution in [2.45, 2.75) is 25.7 Å². The fraction of sp³-hybridized carbons (Fsp3) is 0.318.